The first-order valence-electron chi connectivity index (χ1n) is 7.88. The second-order valence-corrected chi connectivity index (χ2v) is 6.60. The highest BCUT2D eigenvalue weighted by molar-refractivity contribution is 7.99. The molecule has 0 aliphatic carbocycles. The zero-order valence-electron chi connectivity index (χ0n) is 13.2. The van der Waals surface area contributed by atoms with Gasteiger partial charge in [-0.05, 0) is 12.1 Å². The fourth-order valence-electron chi connectivity index (χ4n) is 2.65. The van der Waals surface area contributed by atoms with E-state index in [-0.39, 0.29) is 11.8 Å². The van der Waals surface area contributed by atoms with E-state index in [0.29, 0.717) is 54.4 Å². The summed E-state index contributed by atoms with van der Waals surface area (Å²) in [5, 5.41) is 8.35. The van der Waals surface area contributed by atoms with Gasteiger partial charge in [-0.15, -0.1) is 10.2 Å². The largest absolute Gasteiger partial charge is 0.485 e. The predicted molar refractivity (Wildman–Crippen MR) is 86.3 cm³/mol. The summed E-state index contributed by atoms with van der Waals surface area (Å²) in [7, 11) is 0. The van der Waals surface area contributed by atoms with Crippen LogP contribution in [-0.2, 0) is 9.59 Å². The van der Waals surface area contributed by atoms with E-state index in [2.05, 4.69) is 10.2 Å². The van der Waals surface area contributed by atoms with Gasteiger partial charge in [-0.2, -0.15) is 0 Å². The smallest absolute Gasteiger partial charge is 0.276 e. The molecule has 0 bridgehead atoms. The Morgan fingerprint density at radius 3 is 2.68 bits per heavy atom. The summed E-state index contributed by atoms with van der Waals surface area (Å²) < 4.78 is 17.1. The molecule has 1 saturated heterocycles. The number of nitrogens with zero attached hydrogens (tertiary/aromatic N) is 3. The minimum Gasteiger partial charge on any atom is -0.485 e. The lowest BCUT2D eigenvalue weighted by atomic mass is 10.2. The lowest BCUT2D eigenvalue weighted by molar-refractivity contribution is -0.137. The molecular weight excluding hydrogens is 346 g/mol. The van der Waals surface area contributed by atoms with Crippen molar-refractivity contribution in [3.63, 3.8) is 0 Å². The Balaban J connectivity index is 1.33. The average Bonchev–Trinajstić information content (AvgIpc) is 3.23. The summed E-state index contributed by atoms with van der Waals surface area (Å²) in [4.78, 5) is 24.4. The van der Waals surface area contributed by atoms with Crippen molar-refractivity contribution in [3.05, 3.63) is 30.2 Å². The average molecular weight is 361 g/mol. The lowest BCUT2D eigenvalue weighted by Crippen LogP contribution is -2.31. The Bertz CT molecular complexity index is 793. The van der Waals surface area contributed by atoms with E-state index < -0.39 is 6.10 Å². The van der Waals surface area contributed by atoms with Crippen molar-refractivity contribution in [3.8, 4) is 11.5 Å². The predicted octanol–water partition coefficient (Wildman–Crippen LogP) is 1.82. The summed E-state index contributed by atoms with van der Waals surface area (Å²) >= 11 is 1.30. The van der Waals surface area contributed by atoms with Crippen LogP contribution in [0.4, 0.5) is 0 Å². The second-order valence-electron chi connectivity index (χ2n) is 5.56. The highest BCUT2D eigenvalue weighted by atomic mass is 32.2. The molecule has 1 unspecified atom stereocenters. The molecule has 1 atom stereocenters. The third-order valence-corrected chi connectivity index (χ3v) is 4.70. The number of benzene rings is 1. The van der Waals surface area contributed by atoms with Gasteiger partial charge >= 0.3 is 0 Å². The zero-order chi connectivity index (χ0) is 17.2. The van der Waals surface area contributed by atoms with Gasteiger partial charge in [0.1, 0.15) is 6.61 Å². The minimum atomic E-state index is -0.460. The summed E-state index contributed by atoms with van der Waals surface area (Å²) in [6.07, 6.45) is 0.141. The van der Waals surface area contributed by atoms with E-state index in [9.17, 15) is 9.59 Å². The Morgan fingerprint density at radius 2 is 1.88 bits per heavy atom. The first kappa shape index (κ1) is 15.9. The van der Waals surface area contributed by atoms with Gasteiger partial charge in [0.15, 0.2) is 11.5 Å². The molecule has 4 rings (SSSR count). The number of hydrogen-bond donors (Lipinski definition) is 0. The first-order valence-corrected chi connectivity index (χ1v) is 8.87. The van der Waals surface area contributed by atoms with Crippen LogP contribution in [0.2, 0.25) is 0 Å². The van der Waals surface area contributed by atoms with E-state index >= 15 is 0 Å². The van der Waals surface area contributed by atoms with Crippen molar-refractivity contribution in [1.29, 1.82) is 0 Å². The number of amides is 2. The van der Waals surface area contributed by atoms with Crippen molar-refractivity contribution in [2.75, 3.05) is 18.9 Å². The summed E-state index contributed by atoms with van der Waals surface area (Å²) in [6, 6.07) is 7.39. The quantitative estimate of drug-likeness (QED) is 0.588. The SMILES string of the molecule is O=C1CCC(=O)N1CCSc1nnc(C2COc3ccccc3O2)o1. The Morgan fingerprint density at radius 1 is 1.12 bits per heavy atom. The fourth-order valence-corrected chi connectivity index (χ4v) is 3.34. The summed E-state index contributed by atoms with van der Waals surface area (Å²) in [5.74, 6) is 1.92. The molecule has 8 nitrogen and oxygen atoms in total. The molecule has 1 fully saturated rings. The van der Waals surface area contributed by atoms with E-state index in [1.54, 1.807) is 0 Å². The second kappa shape index (κ2) is 6.75. The molecule has 2 aliphatic rings. The third kappa shape index (κ3) is 3.32. The Labute approximate surface area is 147 Å². The number of imide groups is 1. The number of para-hydroxylation sites is 2. The molecule has 0 radical (unpaired) electrons. The number of fused-ring (bicyclic) bond motifs is 1. The first-order chi connectivity index (χ1) is 12.2. The number of aromatic nitrogens is 2. The molecule has 2 amide bonds. The highest BCUT2D eigenvalue weighted by Gasteiger charge is 2.29. The van der Waals surface area contributed by atoms with Gasteiger partial charge in [0, 0.05) is 25.1 Å². The van der Waals surface area contributed by atoms with E-state index in [1.807, 2.05) is 24.3 Å². The van der Waals surface area contributed by atoms with Gasteiger partial charge in [0.05, 0.1) is 0 Å². The summed E-state index contributed by atoms with van der Waals surface area (Å²) in [6.45, 7) is 0.635. The number of carbonyl (C=O) groups is 2. The van der Waals surface area contributed by atoms with Crippen LogP contribution in [0.1, 0.15) is 24.8 Å². The maximum atomic E-state index is 11.6. The minimum absolute atomic E-state index is 0.122. The third-order valence-electron chi connectivity index (χ3n) is 3.90. The molecular formula is C16H15N3O5S. The molecule has 2 aliphatic heterocycles. The normalized spacial score (nSPS) is 19.5. The van der Waals surface area contributed by atoms with Gasteiger partial charge < -0.3 is 13.9 Å². The van der Waals surface area contributed by atoms with Gasteiger partial charge in [0.25, 0.3) is 11.1 Å². The maximum Gasteiger partial charge on any atom is 0.276 e. The van der Waals surface area contributed by atoms with Gasteiger partial charge in [-0.1, -0.05) is 23.9 Å². The molecule has 3 heterocycles. The molecule has 0 spiro atoms. The number of likely N-dealkylation sites (tertiary alicyclic amines) is 1. The molecule has 0 saturated carbocycles. The molecule has 9 heteroatoms. The molecule has 1 aromatic carbocycles. The van der Waals surface area contributed by atoms with Crippen LogP contribution >= 0.6 is 11.8 Å². The van der Waals surface area contributed by atoms with Crippen molar-refractivity contribution in [2.24, 2.45) is 0 Å². The number of carbonyl (C=O) groups excluding carboxylic acids is 2. The number of ether oxygens (including phenoxy) is 2. The van der Waals surface area contributed by atoms with Crippen LogP contribution in [-0.4, -0.2) is 45.8 Å². The molecule has 1 aromatic heterocycles. The zero-order valence-corrected chi connectivity index (χ0v) is 14.0. The van der Waals surface area contributed by atoms with E-state index in [4.69, 9.17) is 13.9 Å². The van der Waals surface area contributed by atoms with Gasteiger partial charge in [-0.3, -0.25) is 14.5 Å². The topological polar surface area (TPSA) is 94.8 Å². The van der Waals surface area contributed by atoms with Crippen molar-refractivity contribution < 1.29 is 23.5 Å². The number of hydrogen-bond acceptors (Lipinski definition) is 8. The molecule has 2 aromatic rings. The van der Waals surface area contributed by atoms with Crippen molar-refractivity contribution in [2.45, 2.75) is 24.2 Å². The molecule has 25 heavy (non-hydrogen) atoms. The van der Waals surface area contributed by atoms with Gasteiger partial charge in [0.2, 0.25) is 17.9 Å². The standard InChI is InChI=1S/C16H15N3O5S/c20-13-5-6-14(21)19(13)7-8-25-16-18-17-15(24-16)12-9-22-10-3-1-2-4-11(10)23-12/h1-4,12H,5-9H2. The summed E-state index contributed by atoms with van der Waals surface area (Å²) in [5.41, 5.74) is 0. The number of thioether (sulfide) groups is 1. The van der Waals surface area contributed by atoms with Crippen LogP contribution in [0.3, 0.4) is 0 Å². The van der Waals surface area contributed by atoms with Crippen molar-refractivity contribution >= 4 is 23.6 Å². The Hall–Kier alpha value is -2.55. The van der Waals surface area contributed by atoms with Crippen LogP contribution in [0.15, 0.2) is 33.9 Å². The van der Waals surface area contributed by atoms with Crippen LogP contribution < -0.4 is 9.47 Å². The maximum absolute atomic E-state index is 11.6. The Kier molecular flexibility index (Phi) is 4.31. The molecule has 130 valence electrons. The lowest BCUT2D eigenvalue weighted by Gasteiger charge is -2.23. The van der Waals surface area contributed by atoms with E-state index in [0.717, 1.165) is 0 Å². The molecule has 0 N–H and O–H groups in total. The van der Waals surface area contributed by atoms with Crippen molar-refractivity contribution in [1.82, 2.24) is 15.1 Å². The highest BCUT2D eigenvalue weighted by Crippen LogP contribution is 2.35. The van der Waals surface area contributed by atoms with E-state index in [1.165, 1.54) is 16.7 Å². The number of rotatable bonds is 5. The monoisotopic (exact) mass is 361 g/mol. The fraction of sp³-hybridized carbons (Fsp3) is 0.375. The van der Waals surface area contributed by atoms with Crippen LogP contribution in [0.25, 0.3) is 0 Å². The van der Waals surface area contributed by atoms with Gasteiger partial charge in [-0.25, -0.2) is 0 Å². The van der Waals surface area contributed by atoms with Crippen LogP contribution in [0.5, 0.6) is 11.5 Å². The van der Waals surface area contributed by atoms with Crippen LogP contribution in [0, 0.1) is 0 Å².